The van der Waals surface area contributed by atoms with Gasteiger partial charge >= 0.3 is 0 Å². The van der Waals surface area contributed by atoms with Crippen LogP contribution < -0.4 is 16.0 Å². The summed E-state index contributed by atoms with van der Waals surface area (Å²) < 4.78 is 56.6. The monoisotopic (exact) mass is 717 g/mol. The minimum atomic E-state index is -4.23. The Morgan fingerprint density at radius 3 is 2.06 bits per heavy atom. The third-order valence-corrected chi connectivity index (χ3v) is 9.66. The third-order valence-electron chi connectivity index (χ3n) is 7.82. The molecule has 50 heavy (non-hydrogen) atoms. The van der Waals surface area contributed by atoms with Crippen molar-refractivity contribution in [2.24, 2.45) is 11.3 Å². The van der Waals surface area contributed by atoms with E-state index < -0.39 is 68.5 Å². The molecule has 0 fully saturated rings. The molecule has 15 heteroatoms. The molecule has 0 bridgehead atoms. The summed E-state index contributed by atoms with van der Waals surface area (Å²) in [5, 5.41) is 30.9. The summed E-state index contributed by atoms with van der Waals surface area (Å²) in [7, 11) is -4.23. The lowest BCUT2D eigenvalue weighted by molar-refractivity contribution is -0.384. The summed E-state index contributed by atoms with van der Waals surface area (Å²) in [6.07, 6.45) is -1.32. The van der Waals surface area contributed by atoms with Gasteiger partial charge in [0.15, 0.2) is 0 Å². The van der Waals surface area contributed by atoms with Gasteiger partial charge in [0.1, 0.15) is 17.7 Å². The molecular weight excluding hydrogens is 672 g/mol. The highest BCUT2D eigenvalue weighted by Crippen LogP contribution is 2.23. The van der Waals surface area contributed by atoms with E-state index in [2.05, 4.69) is 16.0 Å². The van der Waals surface area contributed by atoms with E-state index in [0.29, 0.717) is 0 Å². The predicted octanol–water partition coefficient (Wildman–Crippen LogP) is 3.93. The minimum Gasteiger partial charge on any atom is -0.390 e. The fourth-order valence-corrected chi connectivity index (χ4v) is 6.83. The molecule has 0 saturated carbocycles. The molecule has 3 aromatic carbocycles. The second-order valence-electron chi connectivity index (χ2n) is 13.5. The van der Waals surface area contributed by atoms with Gasteiger partial charge in [0, 0.05) is 37.3 Å². The molecule has 0 aliphatic heterocycles. The van der Waals surface area contributed by atoms with Crippen LogP contribution in [0.4, 0.5) is 14.5 Å². The van der Waals surface area contributed by atoms with Crippen molar-refractivity contribution >= 4 is 27.5 Å². The van der Waals surface area contributed by atoms with Crippen molar-refractivity contribution in [3.8, 4) is 0 Å². The Bertz CT molecular complexity index is 1700. The first-order valence-corrected chi connectivity index (χ1v) is 17.5. The number of hydrogen-bond acceptors (Lipinski definition) is 8. The summed E-state index contributed by atoms with van der Waals surface area (Å²) in [6.45, 7) is 7.74. The molecule has 0 aromatic heterocycles. The van der Waals surface area contributed by atoms with Crippen molar-refractivity contribution in [1.29, 1.82) is 0 Å². The van der Waals surface area contributed by atoms with E-state index >= 15 is 0 Å². The van der Waals surface area contributed by atoms with E-state index in [0.717, 1.165) is 46.3 Å². The first kappa shape index (κ1) is 40.1. The van der Waals surface area contributed by atoms with Gasteiger partial charge in [-0.1, -0.05) is 71.0 Å². The van der Waals surface area contributed by atoms with Crippen molar-refractivity contribution in [1.82, 2.24) is 20.3 Å². The zero-order chi connectivity index (χ0) is 37.2. The number of carbonyl (C=O) groups excluding carboxylic acids is 2. The molecular formula is C35H45F2N5O7S. The van der Waals surface area contributed by atoms with Crippen LogP contribution in [-0.2, 0) is 32.6 Å². The van der Waals surface area contributed by atoms with Crippen LogP contribution in [-0.4, -0.2) is 72.4 Å². The number of benzene rings is 3. The molecule has 0 spiro atoms. The summed E-state index contributed by atoms with van der Waals surface area (Å²) in [4.78, 5) is 37.1. The van der Waals surface area contributed by atoms with Crippen LogP contribution in [0.2, 0.25) is 0 Å². The van der Waals surface area contributed by atoms with Gasteiger partial charge in [-0.15, -0.1) is 0 Å². The third kappa shape index (κ3) is 11.4. The van der Waals surface area contributed by atoms with Gasteiger partial charge in [0.2, 0.25) is 21.8 Å². The summed E-state index contributed by atoms with van der Waals surface area (Å²) in [6, 6.07) is 14.7. The van der Waals surface area contributed by atoms with E-state index in [1.807, 2.05) is 0 Å². The fourth-order valence-electron chi connectivity index (χ4n) is 5.21. The number of non-ortho nitro benzene ring substituents is 1. The summed E-state index contributed by atoms with van der Waals surface area (Å²) in [5.41, 5.74) is -0.597. The standard InChI is InChI=1S/C35H45F2N5O7S/c1-23(2)21-41(50(48,49)26-16-14-25(15-17-26)42(46)47)22-31(43)30(18-24-10-7-6-8-11-24)39-34(45)33(35(3,4)5)40-32(44)20-38-19-27-28(36)12-9-13-29(27)37/h6-17,23,30-31,33,38,43H,18-22H2,1-5H3,(H,39,45)(H,40,44)/t30?,31?,33-/m1/s1. The molecule has 2 unspecified atom stereocenters. The fraction of sp³-hybridized carbons (Fsp3) is 0.429. The average Bonchev–Trinajstić information content (AvgIpc) is 3.04. The highest BCUT2D eigenvalue weighted by molar-refractivity contribution is 7.89. The van der Waals surface area contributed by atoms with E-state index in [1.54, 1.807) is 65.0 Å². The average molecular weight is 718 g/mol. The number of carbonyl (C=O) groups is 2. The van der Waals surface area contributed by atoms with Crippen molar-refractivity contribution < 1.29 is 36.8 Å². The van der Waals surface area contributed by atoms with Gasteiger partial charge in [-0.25, -0.2) is 17.2 Å². The van der Waals surface area contributed by atoms with Crippen molar-refractivity contribution in [2.75, 3.05) is 19.6 Å². The second-order valence-corrected chi connectivity index (χ2v) is 15.4. The number of nitrogens with zero attached hydrogens (tertiary/aromatic N) is 2. The highest BCUT2D eigenvalue weighted by atomic mass is 32.2. The van der Waals surface area contributed by atoms with Crippen molar-refractivity contribution in [3.05, 3.63) is 106 Å². The quantitative estimate of drug-likeness (QED) is 0.120. The molecule has 0 radical (unpaired) electrons. The van der Waals surface area contributed by atoms with E-state index in [1.165, 1.54) is 6.07 Å². The van der Waals surface area contributed by atoms with Crippen LogP contribution in [0.5, 0.6) is 0 Å². The molecule has 0 aliphatic carbocycles. The number of rotatable bonds is 17. The van der Waals surface area contributed by atoms with Crippen LogP contribution in [0, 0.1) is 33.1 Å². The second kappa shape index (κ2) is 17.6. The summed E-state index contributed by atoms with van der Waals surface area (Å²) >= 11 is 0. The van der Waals surface area contributed by atoms with Gasteiger partial charge in [-0.2, -0.15) is 4.31 Å². The van der Waals surface area contributed by atoms with Crippen molar-refractivity contribution in [2.45, 2.75) is 70.7 Å². The molecule has 0 heterocycles. The molecule has 3 rings (SSSR count). The SMILES string of the molecule is CC(C)CN(CC(O)C(Cc1ccccc1)NC(=O)[C@@H](NC(=O)CNCc1c(F)cccc1F)C(C)(C)C)S(=O)(=O)c1ccc([N+](=O)[O-])cc1. The van der Waals surface area contributed by atoms with Crippen LogP contribution >= 0.6 is 0 Å². The Balaban J connectivity index is 1.83. The molecule has 12 nitrogen and oxygen atoms in total. The van der Waals surface area contributed by atoms with Crippen LogP contribution in [0.1, 0.15) is 45.7 Å². The minimum absolute atomic E-state index is 0.00678. The number of aliphatic hydroxyl groups excluding tert-OH is 1. The normalized spacial score (nSPS) is 13.9. The molecule has 3 aromatic rings. The lowest BCUT2D eigenvalue weighted by Crippen LogP contribution is -2.59. The van der Waals surface area contributed by atoms with Gasteiger partial charge < -0.3 is 21.1 Å². The Morgan fingerprint density at radius 2 is 1.52 bits per heavy atom. The number of nitro groups is 1. The number of nitro benzene ring substituents is 1. The maximum atomic E-state index is 14.0. The molecule has 4 N–H and O–H groups in total. The van der Waals surface area contributed by atoms with Crippen LogP contribution in [0.3, 0.4) is 0 Å². The van der Waals surface area contributed by atoms with Gasteiger partial charge in [0.25, 0.3) is 5.69 Å². The Labute approximate surface area is 291 Å². The maximum Gasteiger partial charge on any atom is 0.269 e. The zero-order valence-electron chi connectivity index (χ0n) is 28.7. The van der Waals surface area contributed by atoms with Gasteiger partial charge in [-0.05, 0) is 47.6 Å². The number of sulfonamides is 1. The van der Waals surface area contributed by atoms with E-state index in [4.69, 9.17) is 0 Å². The molecule has 0 saturated heterocycles. The zero-order valence-corrected chi connectivity index (χ0v) is 29.5. The van der Waals surface area contributed by atoms with Gasteiger partial charge in [-0.3, -0.25) is 19.7 Å². The summed E-state index contributed by atoms with van der Waals surface area (Å²) in [5.74, 6) is -2.95. The van der Waals surface area contributed by atoms with E-state index in [-0.39, 0.29) is 48.1 Å². The number of amides is 2. The highest BCUT2D eigenvalue weighted by Gasteiger charge is 2.36. The van der Waals surface area contributed by atoms with Crippen molar-refractivity contribution in [3.63, 3.8) is 0 Å². The molecule has 272 valence electrons. The predicted molar refractivity (Wildman–Crippen MR) is 184 cm³/mol. The van der Waals surface area contributed by atoms with Crippen LogP contribution in [0.25, 0.3) is 0 Å². The lowest BCUT2D eigenvalue weighted by atomic mass is 9.85. The maximum absolute atomic E-state index is 14.0. The van der Waals surface area contributed by atoms with Crippen LogP contribution in [0.15, 0.2) is 77.7 Å². The number of hydrogen-bond donors (Lipinski definition) is 4. The topological polar surface area (TPSA) is 171 Å². The smallest absolute Gasteiger partial charge is 0.269 e. The Morgan fingerprint density at radius 1 is 0.920 bits per heavy atom. The van der Waals surface area contributed by atoms with E-state index in [9.17, 15) is 42.0 Å². The molecule has 2 amide bonds. The lowest BCUT2D eigenvalue weighted by Gasteiger charge is -2.34. The molecule has 3 atom stereocenters. The largest absolute Gasteiger partial charge is 0.390 e. The Hall–Kier alpha value is -4.31. The first-order valence-electron chi connectivity index (χ1n) is 16.1. The molecule has 0 aliphatic rings. The van der Waals surface area contributed by atoms with Gasteiger partial charge in [0.05, 0.1) is 28.5 Å². The number of nitrogens with one attached hydrogen (secondary N) is 3. The number of aliphatic hydroxyl groups is 1. The Kier molecular flexibility index (Phi) is 14.1. The first-order chi connectivity index (χ1) is 23.4. The number of halogens is 2.